The van der Waals surface area contributed by atoms with Gasteiger partial charge in [-0.2, -0.15) is 0 Å². The maximum absolute atomic E-state index is 12.9. The van der Waals surface area contributed by atoms with E-state index >= 15 is 0 Å². The monoisotopic (exact) mass is 406 g/mol. The Morgan fingerprint density at radius 1 is 1.04 bits per heavy atom. The maximum Gasteiger partial charge on any atom is 0.242 e. The Hall–Kier alpha value is -2.04. The predicted octanol–water partition coefficient (Wildman–Crippen LogP) is 4.48. The fourth-order valence-electron chi connectivity index (χ4n) is 2.93. The zero-order valence-electron chi connectivity index (χ0n) is 15.5. The van der Waals surface area contributed by atoms with Crippen molar-refractivity contribution in [2.45, 2.75) is 38.8 Å². The van der Waals surface area contributed by atoms with Crippen molar-refractivity contribution in [1.82, 2.24) is 10.2 Å². The van der Waals surface area contributed by atoms with E-state index in [0.717, 1.165) is 5.56 Å². The van der Waals surface area contributed by atoms with E-state index in [0.29, 0.717) is 34.9 Å². The van der Waals surface area contributed by atoms with Crippen molar-refractivity contribution in [3.8, 4) is 0 Å². The molecule has 4 nitrogen and oxygen atoms in total. The first-order chi connectivity index (χ1) is 13.0. The van der Waals surface area contributed by atoms with Gasteiger partial charge < -0.3 is 10.2 Å². The van der Waals surface area contributed by atoms with Crippen molar-refractivity contribution >= 4 is 35.0 Å². The first-order valence-electron chi connectivity index (χ1n) is 8.95. The molecule has 0 spiro atoms. The number of amides is 2. The summed E-state index contributed by atoms with van der Waals surface area (Å²) >= 11 is 12.6. The number of hydrogen-bond acceptors (Lipinski definition) is 2. The summed E-state index contributed by atoms with van der Waals surface area (Å²) < 4.78 is 0. The first-order valence-corrected chi connectivity index (χ1v) is 9.71. The largest absolute Gasteiger partial charge is 0.357 e. The molecule has 0 aliphatic heterocycles. The van der Waals surface area contributed by atoms with Crippen LogP contribution >= 0.6 is 23.2 Å². The van der Waals surface area contributed by atoms with E-state index in [9.17, 15) is 9.59 Å². The molecule has 0 aromatic heterocycles. The van der Waals surface area contributed by atoms with Crippen molar-refractivity contribution in [3.63, 3.8) is 0 Å². The fourth-order valence-corrected chi connectivity index (χ4v) is 3.45. The van der Waals surface area contributed by atoms with Gasteiger partial charge in [0.2, 0.25) is 11.8 Å². The van der Waals surface area contributed by atoms with Gasteiger partial charge in [0.1, 0.15) is 6.04 Å². The Labute approximate surface area is 170 Å². The van der Waals surface area contributed by atoms with Gasteiger partial charge in [-0.3, -0.25) is 9.59 Å². The van der Waals surface area contributed by atoms with E-state index in [1.165, 1.54) is 0 Å². The summed E-state index contributed by atoms with van der Waals surface area (Å²) in [4.78, 5) is 27.1. The van der Waals surface area contributed by atoms with E-state index in [1.807, 2.05) is 37.3 Å². The van der Waals surface area contributed by atoms with Crippen LogP contribution in [0.5, 0.6) is 0 Å². The first kappa shape index (κ1) is 21.3. The van der Waals surface area contributed by atoms with Crippen LogP contribution in [-0.4, -0.2) is 29.8 Å². The van der Waals surface area contributed by atoms with E-state index in [1.54, 1.807) is 30.1 Å². The number of halogens is 2. The Kier molecular flexibility index (Phi) is 8.14. The highest BCUT2D eigenvalue weighted by Crippen LogP contribution is 2.27. The lowest BCUT2D eigenvalue weighted by Crippen LogP contribution is -2.49. The van der Waals surface area contributed by atoms with Crippen molar-refractivity contribution in [3.05, 3.63) is 69.7 Å². The lowest BCUT2D eigenvalue weighted by atomic mass is 10.0. The Balaban J connectivity index is 2.41. The third kappa shape index (κ3) is 5.72. The molecule has 2 aromatic carbocycles. The minimum Gasteiger partial charge on any atom is -0.357 e. The summed E-state index contributed by atoms with van der Waals surface area (Å²) in [7, 11) is 1.57. The summed E-state index contributed by atoms with van der Waals surface area (Å²) in [5.74, 6) is -0.315. The molecule has 0 aliphatic carbocycles. The quantitative estimate of drug-likeness (QED) is 0.702. The van der Waals surface area contributed by atoms with E-state index < -0.39 is 6.04 Å². The second-order valence-corrected chi connectivity index (χ2v) is 7.11. The van der Waals surface area contributed by atoms with Crippen LogP contribution in [0.2, 0.25) is 10.0 Å². The van der Waals surface area contributed by atoms with Gasteiger partial charge in [0.05, 0.1) is 0 Å². The Bertz CT molecular complexity index is 761. The molecule has 0 saturated carbocycles. The number of nitrogens with zero attached hydrogens (tertiary/aromatic N) is 1. The molecular weight excluding hydrogens is 383 g/mol. The van der Waals surface area contributed by atoms with Crippen LogP contribution in [0.25, 0.3) is 0 Å². The third-order valence-electron chi connectivity index (χ3n) is 4.37. The van der Waals surface area contributed by atoms with Crippen molar-refractivity contribution in [1.29, 1.82) is 0 Å². The molecule has 144 valence electrons. The molecular formula is C21H24Cl2N2O2. The summed E-state index contributed by atoms with van der Waals surface area (Å²) in [6.07, 6.45) is 1.46. The SMILES string of the molecule is CCCC(=O)N(Cc1c(Cl)cccc1Cl)[C@@H](Cc1ccccc1)C(=O)NC. The Morgan fingerprint density at radius 2 is 1.67 bits per heavy atom. The van der Waals surface area contributed by atoms with Gasteiger partial charge in [0.15, 0.2) is 0 Å². The highest BCUT2D eigenvalue weighted by Gasteiger charge is 2.30. The number of likely N-dealkylation sites (N-methyl/N-ethyl adjacent to an activating group) is 1. The average molecular weight is 407 g/mol. The second-order valence-electron chi connectivity index (χ2n) is 6.29. The third-order valence-corrected chi connectivity index (χ3v) is 5.08. The molecule has 0 unspecified atom stereocenters. The lowest BCUT2D eigenvalue weighted by molar-refractivity contribution is -0.141. The molecule has 0 fully saturated rings. The van der Waals surface area contributed by atoms with Crippen LogP contribution in [0.15, 0.2) is 48.5 Å². The zero-order chi connectivity index (χ0) is 19.8. The molecule has 27 heavy (non-hydrogen) atoms. The summed E-state index contributed by atoms with van der Waals surface area (Å²) in [5, 5.41) is 3.64. The maximum atomic E-state index is 12.9. The molecule has 2 rings (SSSR count). The normalized spacial score (nSPS) is 11.7. The van der Waals surface area contributed by atoms with Gasteiger partial charge in [-0.1, -0.05) is 66.5 Å². The van der Waals surface area contributed by atoms with Gasteiger partial charge >= 0.3 is 0 Å². The van der Waals surface area contributed by atoms with Gasteiger partial charge in [0, 0.05) is 42.0 Å². The number of carbonyl (C=O) groups excluding carboxylic acids is 2. The minimum absolute atomic E-state index is 0.0991. The Morgan fingerprint density at radius 3 is 2.22 bits per heavy atom. The lowest BCUT2D eigenvalue weighted by Gasteiger charge is -2.31. The van der Waals surface area contributed by atoms with E-state index in [-0.39, 0.29) is 18.4 Å². The average Bonchev–Trinajstić information content (AvgIpc) is 2.67. The van der Waals surface area contributed by atoms with Crippen molar-refractivity contribution < 1.29 is 9.59 Å². The van der Waals surface area contributed by atoms with Gasteiger partial charge in [0.25, 0.3) is 0 Å². The van der Waals surface area contributed by atoms with E-state index in [2.05, 4.69) is 5.32 Å². The molecule has 0 bridgehead atoms. The minimum atomic E-state index is -0.649. The summed E-state index contributed by atoms with van der Waals surface area (Å²) in [6, 6.07) is 14.2. The zero-order valence-corrected chi connectivity index (χ0v) is 17.1. The highest BCUT2D eigenvalue weighted by atomic mass is 35.5. The van der Waals surface area contributed by atoms with Crippen LogP contribution in [0, 0.1) is 0 Å². The molecule has 6 heteroatoms. The smallest absolute Gasteiger partial charge is 0.242 e. The van der Waals surface area contributed by atoms with Crippen LogP contribution in [0.1, 0.15) is 30.9 Å². The molecule has 2 aromatic rings. The molecule has 0 radical (unpaired) electrons. The topological polar surface area (TPSA) is 49.4 Å². The van der Waals surface area contributed by atoms with Gasteiger partial charge in [-0.25, -0.2) is 0 Å². The molecule has 0 heterocycles. The number of hydrogen-bond donors (Lipinski definition) is 1. The number of nitrogens with one attached hydrogen (secondary N) is 1. The van der Waals surface area contributed by atoms with Crippen molar-refractivity contribution in [2.24, 2.45) is 0 Å². The predicted molar refractivity (Wildman–Crippen MR) is 110 cm³/mol. The van der Waals surface area contributed by atoms with Crippen LogP contribution in [-0.2, 0) is 22.6 Å². The standard InChI is InChI=1S/C21H24Cl2N2O2/c1-3-8-20(26)25(14-16-17(22)11-7-12-18(16)23)19(21(27)24-2)13-15-9-5-4-6-10-15/h4-7,9-12,19H,3,8,13-14H2,1-2H3,(H,24,27)/t19-/m0/s1. The number of carbonyl (C=O) groups is 2. The summed E-state index contributed by atoms with van der Waals surface area (Å²) in [5.41, 5.74) is 1.62. The molecule has 1 N–H and O–H groups in total. The molecule has 0 aliphatic rings. The van der Waals surface area contributed by atoms with E-state index in [4.69, 9.17) is 23.2 Å². The molecule has 1 atom stereocenters. The van der Waals surface area contributed by atoms with Crippen LogP contribution in [0.4, 0.5) is 0 Å². The number of benzene rings is 2. The molecule has 2 amide bonds. The summed E-state index contributed by atoms with van der Waals surface area (Å²) in [6.45, 7) is 2.12. The number of rotatable bonds is 8. The van der Waals surface area contributed by atoms with Crippen LogP contribution < -0.4 is 5.32 Å². The molecule has 0 saturated heterocycles. The van der Waals surface area contributed by atoms with Gasteiger partial charge in [-0.05, 0) is 24.1 Å². The fraction of sp³-hybridized carbons (Fsp3) is 0.333. The van der Waals surface area contributed by atoms with Crippen molar-refractivity contribution in [2.75, 3.05) is 7.05 Å². The van der Waals surface area contributed by atoms with Crippen LogP contribution in [0.3, 0.4) is 0 Å². The van der Waals surface area contributed by atoms with Gasteiger partial charge in [-0.15, -0.1) is 0 Å². The second kappa shape index (κ2) is 10.3. The highest BCUT2D eigenvalue weighted by molar-refractivity contribution is 6.36.